The van der Waals surface area contributed by atoms with Crippen molar-refractivity contribution in [1.82, 2.24) is 14.8 Å². The Balaban J connectivity index is 2.16. The summed E-state index contributed by atoms with van der Waals surface area (Å²) in [7, 11) is 0. The van der Waals surface area contributed by atoms with Gasteiger partial charge in [0, 0.05) is 0 Å². The molecule has 0 saturated heterocycles. The van der Waals surface area contributed by atoms with Gasteiger partial charge in [0.25, 0.3) is 0 Å². The Bertz CT molecular complexity index is 516. The van der Waals surface area contributed by atoms with Crippen molar-refractivity contribution in [3.63, 3.8) is 0 Å². The van der Waals surface area contributed by atoms with Gasteiger partial charge in [-0.1, -0.05) is 12.1 Å². The molecular formula is C11H11F3N4. The summed E-state index contributed by atoms with van der Waals surface area (Å²) in [5.74, 6) is 0.592. The second kappa shape index (κ2) is 4.77. The standard InChI is InChI=1S/C11H11F3N4/c12-11(13,14)9-3-1-8(2-4-9)6-18-10(5-15)16-7-17-18/h1-4,7H,5-6,15H2. The average Bonchev–Trinajstić information content (AvgIpc) is 2.76. The zero-order valence-corrected chi connectivity index (χ0v) is 9.35. The molecule has 2 rings (SSSR count). The van der Waals surface area contributed by atoms with E-state index in [-0.39, 0.29) is 6.54 Å². The Labute approximate surface area is 101 Å². The third-order valence-corrected chi connectivity index (χ3v) is 2.49. The smallest absolute Gasteiger partial charge is 0.324 e. The summed E-state index contributed by atoms with van der Waals surface area (Å²) in [6.07, 6.45) is -2.94. The van der Waals surface area contributed by atoms with Crippen LogP contribution in [-0.4, -0.2) is 14.8 Å². The van der Waals surface area contributed by atoms with E-state index in [1.165, 1.54) is 18.5 Å². The quantitative estimate of drug-likeness (QED) is 0.911. The molecule has 0 aliphatic heterocycles. The highest BCUT2D eigenvalue weighted by molar-refractivity contribution is 5.24. The van der Waals surface area contributed by atoms with Crippen molar-refractivity contribution in [3.05, 3.63) is 47.5 Å². The van der Waals surface area contributed by atoms with Crippen LogP contribution in [-0.2, 0) is 19.3 Å². The second-order valence-corrected chi connectivity index (χ2v) is 3.73. The van der Waals surface area contributed by atoms with Gasteiger partial charge in [-0.3, -0.25) is 0 Å². The molecule has 0 aliphatic rings. The van der Waals surface area contributed by atoms with Crippen molar-refractivity contribution < 1.29 is 13.2 Å². The molecule has 1 aromatic carbocycles. The summed E-state index contributed by atoms with van der Waals surface area (Å²) >= 11 is 0. The number of nitrogens with zero attached hydrogens (tertiary/aromatic N) is 3. The van der Waals surface area contributed by atoms with Gasteiger partial charge >= 0.3 is 6.18 Å². The maximum Gasteiger partial charge on any atom is 0.416 e. The lowest BCUT2D eigenvalue weighted by Gasteiger charge is -2.08. The number of benzene rings is 1. The van der Waals surface area contributed by atoms with Gasteiger partial charge in [-0.2, -0.15) is 18.3 Å². The predicted molar refractivity (Wildman–Crippen MR) is 58.5 cm³/mol. The first kappa shape index (κ1) is 12.6. The van der Waals surface area contributed by atoms with E-state index in [1.54, 1.807) is 4.68 Å². The molecule has 18 heavy (non-hydrogen) atoms. The molecule has 1 heterocycles. The molecule has 0 aliphatic carbocycles. The predicted octanol–water partition coefficient (Wildman–Crippen LogP) is 1.80. The van der Waals surface area contributed by atoms with Gasteiger partial charge in [-0.15, -0.1) is 0 Å². The minimum atomic E-state index is -4.31. The monoisotopic (exact) mass is 256 g/mol. The number of rotatable bonds is 3. The Morgan fingerprint density at radius 1 is 1.17 bits per heavy atom. The number of hydrogen-bond donors (Lipinski definition) is 1. The summed E-state index contributed by atoms with van der Waals surface area (Å²) in [5.41, 5.74) is 5.51. The summed E-state index contributed by atoms with van der Waals surface area (Å²) in [4.78, 5) is 3.93. The Morgan fingerprint density at radius 3 is 2.39 bits per heavy atom. The number of aromatic nitrogens is 3. The molecular weight excluding hydrogens is 245 g/mol. The topological polar surface area (TPSA) is 56.7 Å². The fraction of sp³-hybridized carbons (Fsp3) is 0.273. The highest BCUT2D eigenvalue weighted by Crippen LogP contribution is 2.29. The maximum absolute atomic E-state index is 12.4. The van der Waals surface area contributed by atoms with Gasteiger partial charge < -0.3 is 5.73 Å². The second-order valence-electron chi connectivity index (χ2n) is 3.73. The van der Waals surface area contributed by atoms with Crippen molar-refractivity contribution in [3.8, 4) is 0 Å². The van der Waals surface area contributed by atoms with E-state index < -0.39 is 11.7 Å². The maximum atomic E-state index is 12.4. The molecule has 0 atom stereocenters. The zero-order chi connectivity index (χ0) is 13.2. The largest absolute Gasteiger partial charge is 0.416 e. The number of nitrogens with two attached hydrogens (primary N) is 1. The summed E-state index contributed by atoms with van der Waals surface area (Å²) < 4.78 is 38.7. The van der Waals surface area contributed by atoms with Crippen molar-refractivity contribution in [2.24, 2.45) is 5.73 Å². The van der Waals surface area contributed by atoms with Crippen LogP contribution in [0.4, 0.5) is 13.2 Å². The first-order valence-corrected chi connectivity index (χ1v) is 5.23. The van der Waals surface area contributed by atoms with Gasteiger partial charge in [0.15, 0.2) is 0 Å². The van der Waals surface area contributed by atoms with E-state index in [2.05, 4.69) is 10.1 Å². The van der Waals surface area contributed by atoms with Gasteiger partial charge in [-0.05, 0) is 17.7 Å². The zero-order valence-electron chi connectivity index (χ0n) is 9.35. The van der Waals surface area contributed by atoms with Crippen LogP contribution in [0.15, 0.2) is 30.6 Å². The van der Waals surface area contributed by atoms with Crippen LogP contribution < -0.4 is 5.73 Å². The molecule has 0 unspecified atom stereocenters. The molecule has 0 saturated carbocycles. The van der Waals surface area contributed by atoms with Gasteiger partial charge in [0.05, 0.1) is 18.7 Å². The molecule has 7 heteroatoms. The first-order valence-electron chi connectivity index (χ1n) is 5.23. The molecule has 0 fully saturated rings. The van der Waals surface area contributed by atoms with Crippen LogP contribution in [0.25, 0.3) is 0 Å². The third kappa shape index (κ3) is 2.67. The van der Waals surface area contributed by atoms with Gasteiger partial charge in [-0.25, -0.2) is 9.67 Å². The molecule has 0 radical (unpaired) electrons. The number of alkyl halides is 3. The molecule has 2 N–H and O–H groups in total. The third-order valence-electron chi connectivity index (χ3n) is 2.49. The molecule has 4 nitrogen and oxygen atoms in total. The van der Waals surface area contributed by atoms with E-state index in [9.17, 15) is 13.2 Å². The number of halogens is 3. The molecule has 0 amide bonds. The van der Waals surface area contributed by atoms with Crippen molar-refractivity contribution >= 4 is 0 Å². The number of hydrogen-bond acceptors (Lipinski definition) is 3. The SMILES string of the molecule is NCc1ncnn1Cc1ccc(C(F)(F)F)cc1. The lowest BCUT2D eigenvalue weighted by Crippen LogP contribution is -2.11. The van der Waals surface area contributed by atoms with Crippen molar-refractivity contribution in [2.45, 2.75) is 19.3 Å². The van der Waals surface area contributed by atoms with E-state index in [0.717, 1.165) is 12.1 Å². The Morgan fingerprint density at radius 2 is 1.83 bits per heavy atom. The lowest BCUT2D eigenvalue weighted by molar-refractivity contribution is -0.137. The molecule has 2 aromatic rings. The average molecular weight is 256 g/mol. The van der Waals surface area contributed by atoms with Gasteiger partial charge in [0.1, 0.15) is 12.2 Å². The van der Waals surface area contributed by atoms with E-state index >= 15 is 0 Å². The van der Waals surface area contributed by atoms with E-state index in [0.29, 0.717) is 17.9 Å². The van der Waals surface area contributed by atoms with Crippen LogP contribution in [0.5, 0.6) is 0 Å². The molecule has 1 aromatic heterocycles. The highest BCUT2D eigenvalue weighted by Gasteiger charge is 2.29. The van der Waals surface area contributed by atoms with Gasteiger partial charge in [0.2, 0.25) is 0 Å². The summed E-state index contributed by atoms with van der Waals surface area (Å²) in [6.45, 7) is 0.589. The summed E-state index contributed by atoms with van der Waals surface area (Å²) in [5, 5.41) is 3.96. The van der Waals surface area contributed by atoms with Crippen LogP contribution in [0, 0.1) is 0 Å². The van der Waals surface area contributed by atoms with Crippen LogP contribution in [0.2, 0.25) is 0 Å². The highest BCUT2D eigenvalue weighted by atomic mass is 19.4. The van der Waals surface area contributed by atoms with E-state index in [4.69, 9.17) is 5.73 Å². The van der Waals surface area contributed by atoms with Crippen LogP contribution >= 0.6 is 0 Å². The minimum Gasteiger partial charge on any atom is -0.324 e. The molecule has 0 bridgehead atoms. The van der Waals surface area contributed by atoms with Crippen molar-refractivity contribution in [1.29, 1.82) is 0 Å². The lowest BCUT2D eigenvalue weighted by atomic mass is 10.1. The van der Waals surface area contributed by atoms with Crippen LogP contribution in [0.1, 0.15) is 17.0 Å². The summed E-state index contributed by atoms with van der Waals surface area (Å²) in [6, 6.07) is 4.94. The normalized spacial score (nSPS) is 11.8. The van der Waals surface area contributed by atoms with Crippen LogP contribution in [0.3, 0.4) is 0 Å². The molecule has 96 valence electrons. The minimum absolute atomic E-state index is 0.237. The fourth-order valence-electron chi connectivity index (χ4n) is 1.55. The Kier molecular flexibility index (Phi) is 3.33. The van der Waals surface area contributed by atoms with Crippen molar-refractivity contribution in [2.75, 3.05) is 0 Å². The molecule has 0 spiro atoms. The first-order chi connectivity index (χ1) is 8.50. The van der Waals surface area contributed by atoms with E-state index in [1.807, 2.05) is 0 Å². The fourth-order valence-corrected chi connectivity index (χ4v) is 1.55. The Hall–Kier alpha value is -1.89.